The van der Waals surface area contributed by atoms with Gasteiger partial charge in [0.25, 0.3) is 0 Å². The predicted octanol–water partition coefficient (Wildman–Crippen LogP) is -0.615. The molecule has 1 unspecified atom stereocenters. The topological polar surface area (TPSA) is 98.9 Å². The first kappa shape index (κ1) is 21.8. The van der Waals surface area contributed by atoms with Crippen molar-refractivity contribution in [2.45, 2.75) is 12.3 Å². The van der Waals surface area contributed by atoms with Crippen molar-refractivity contribution in [3.05, 3.63) is 24.0 Å². The van der Waals surface area contributed by atoms with E-state index in [1.165, 1.54) is 0 Å². The van der Waals surface area contributed by atoms with Crippen LogP contribution in [0.4, 0.5) is 0 Å². The number of morpholine rings is 2. The number of nitrogens with zero attached hydrogens (tertiary/aromatic N) is 2. The molecule has 1 aromatic heterocycles. The van der Waals surface area contributed by atoms with Crippen LogP contribution in [0, 0.1) is 0 Å². The van der Waals surface area contributed by atoms with Crippen LogP contribution in [0.1, 0.15) is 17.9 Å². The molecule has 2 amide bonds. The van der Waals surface area contributed by atoms with Crippen molar-refractivity contribution >= 4 is 11.8 Å². The summed E-state index contributed by atoms with van der Waals surface area (Å²) in [6.45, 7) is 9.29. The van der Waals surface area contributed by atoms with Crippen LogP contribution in [-0.2, 0) is 19.1 Å². The summed E-state index contributed by atoms with van der Waals surface area (Å²) < 4.78 is 10.7. The Morgan fingerprint density at radius 1 is 0.966 bits per heavy atom. The Labute approximate surface area is 172 Å². The van der Waals surface area contributed by atoms with Crippen LogP contribution in [0.2, 0.25) is 0 Å². The number of hydrogen-bond donors (Lipinski definition) is 3. The zero-order valence-electron chi connectivity index (χ0n) is 17.0. The van der Waals surface area contributed by atoms with E-state index in [0.717, 1.165) is 71.3 Å². The lowest BCUT2D eigenvalue weighted by molar-refractivity contribution is -0.128. The van der Waals surface area contributed by atoms with Gasteiger partial charge in [-0.05, 0) is 11.6 Å². The van der Waals surface area contributed by atoms with Gasteiger partial charge in [0, 0.05) is 71.2 Å². The molecule has 0 aromatic carbocycles. The summed E-state index contributed by atoms with van der Waals surface area (Å²) in [6.07, 6.45) is 3.71. The molecule has 3 rings (SSSR count). The van der Waals surface area contributed by atoms with Crippen molar-refractivity contribution in [1.29, 1.82) is 0 Å². The van der Waals surface area contributed by atoms with E-state index in [2.05, 4.69) is 25.4 Å². The van der Waals surface area contributed by atoms with Gasteiger partial charge in [0.2, 0.25) is 11.8 Å². The summed E-state index contributed by atoms with van der Waals surface area (Å²) in [7, 11) is 0. The lowest BCUT2D eigenvalue weighted by Gasteiger charge is -2.27. The minimum Gasteiger partial charge on any atom is -0.379 e. The van der Waals surface area contributed by atoms with Crippen molar-refractivity contribution in [3.8, 4) is 0 Å². The van der Waals surface area contributed by atoms with Crippen molar-refractivity contribution < 1.29 is 19.1 Å². The Morgan fingerprint density at radius 3 is 2.10 bits per heavy atom. The predicted molar refractivity (Wildman–Crippen MR) is 109 cm³/mol. The lowest BCUT2D eigenvalue weighted by Crippen LogP contribution is -2.43. The molecule has 2 fully saturated rings. The third-order valence-electron chi connectivity index (χ3n) is 5.42. The molecule has 1 atom stereocenters. The third-order valence-corrected chi connectivity index (χ3v) is 5.42. The highest BCUT2D eigenvalue weighted by Gasteiger charge is 2.24. The summed E-state index contributed by atoms with van der Waals surface area (Å²) in [6, 6.07) is 1.85. The fourth-order valence-corrected chi connectivity index (χ4v) is 3.64. The molecule has 3 heterocycles. The second kappa shape index (κ2) is 11.9. The molecule has 9 heteroatoms. The van der Waals surface area contributed by atoms with Gasteiger partial charge in [0.15, 0.2) is 0 Å². The van der Waals surface area contributed by atoms with Crippen molar-refractivity contribution in [3.63, 3.8) is 0 Å². The van der Waals surface area contributed by atoms with E-state index in [1.54, 1.807) is 12.4 Å². The zero-order chi connectivity index (χ0) is 20.3. The smallest absolute Gasteiger partial charge is 0.228 e. The molecule has 2 saturated heterocycles. The minimum absolute atomic E-state index is 0.104. The Kier molecular flexibility index (Phi) is 8.94. The average molecular weight is 408 g/mol. The molecule has 3 N–H and O–H groups in total. The van der Waals surface area contributed by atoms with Gasteiger partial charge in [-0.1, -0.05) is 0 Å². The first-order valence-corrected chi connectivity index (χ1v) is 10.5. The maximum atomic E-state index is 12.8. The molecule has 0 saturated carbocycles. The van der Waals surface area contributed by atoms with Crippen LogP contribution in [0.25, 0.3) is 0 Å². The second-order valence-corrected chi connectivity index (χ2v) is 7.45. The molecule has 1 aromatic rings. The normalized spacial score (nSPS) is 19.6. The number of amides is 2. The summed E-state index contributed by atoms with van der Waals surface area (Å²) in [5, 5.41) is 5.95. The molecule has 2 aliphatic rings. The van der Waals surface area contributed by atoms with Gasteiger partial charge < -0.3 is 25.1 Å². The molecular formula is C20H33N5O4. The molecular weight excluding hydrogens is 374 g/mol. The quantitative estimate of drug-likeness (QED) is 0.478. The Balaban J connectivity index is 1.42. The maximum Gasteiger partial charge on any atom is 0.228 e. The van der Waals surface area contributed by atoms with E-state index in [-0.39, 0.29) is 18.2 Å². The first-order chi connectivity index (χ1) is 14.2. The highest BCUT2D eigenvalue weighted by Crippen LogP contribution is 2.19. The summed E-state index contributed by atoms with van der Waals surface area (Å²) in [5.74, 6) is -0.705. The van der Waals surface area contributed by atoms with Gasteiger partial charge in [-0.15, -0.1) is 0 Å². The number of aromatic amines is 1. The number of ether oxygens (including phenoxy) is 2. The number of nitrogens with one attached hydrogen (secondary N) is 3. The highest BCUT2D eigenvalue weighted by atomic mass is 16.5. The second-order valence-electron chi connectivity index (χ2n) is 7.45. The summed E-state index contributed by atoms with van der Waals surface area (Å²) in [5.41, 5.74) is 0.831. The molecule has 0 bridgehead atoms. The van der Waals surface area contributed by atoms with Gasteiger partial charge in [-0.3, -0.25) is 19.4 Å². The molecule has 162 valence electrons. The Morgan fingerprint density at radius 2 is 1.55 bits per heavy atom. The fraction of sp³-hybridized carbons (Fsp3) is 0.700. The van der Waals surface area contributed by atoms with E-state index in [4.69, 9.17) is 9.47 Å². The first-order valence-electron chi connectivity index (χ1n) is 10.5. The molecule has 0 aliphatic carbocycles. The van der Waals surface area contributed by atoms with Gasteiger partial charge in [0.05, 0.1) is 32.3 Å². The monoisotopic (exact) mass is 407 g/mol. The summed E-state index contributed by atoms with van der Waals surface area (Å²) >= 11 is 0. The fourth-order valence-electron chi connectivity index (χ4n) is 3.64. The number of carbonyl (C=O) groups excluding carboxylic acids is 2. The average Bonchev–Trinajstić information content (AvgIpc) is 3.28. The number of carbonyl (C=O) groups is 2. The van der Waals surface area contributed by atoms with Gasteiger partial charge in [-0.2, -0.15) is 0 Å². The van der Waals surface area contributed by atoms with Gasteiger partial charge >= 0.3 is 0 Å². The van der Waals surface area contributed by atoms with Gasteiger partial charge in [0.1, 0.15) is 0 Å². The van der Waals surface area contributed by atoms with E-state index in [9.17, 15) is 9.59 Å². The Hall–Kier alpha value is -1.94. The SMILES string of the molecule is O=C(CC(C(=O)NCCN1CCOCC1)c1cc[nH]c1)NCCN1CCOCC1. The van der Waals surface area contributed by atoms with Crippen LogP contribution in [0.15, 0.2) is 18.5 Å². The van der Waals surface area contributed by atoms with Crippen molar-refractivity contribution in [2.75, 3.05) is 78.8 Å². The molecule has 29 heavy (non-hydrogen) atoms. The van der Waals surface area contributed by atoms with Crippen LogP contribution >= 0.6 is 0 Å². The lowest BCUT2D eigenvalue weighted by atomic mass is 9.97. The van der Waals surface area contributed by atoms with Crippen LogP contribution in [0.3, 0.4) is 0 Å². The molecule has 0 radical (unpaired) electrons. The van der Waals surface area contributed by atoms with E-state index in [0.29, 0.717) is 13.1 Å². The van der Waals surface area contributed by atoms with E-state index in [1.807, 2.05) is 6.07 Å². The number of hydrogen-bond acceptors (Lipinski definition) is 6. The number of aromatic nitrogens is 1. The zero-order valence-corrected chi connectivity index (χ0v) is 17.0. The molecule has 9 nitrogen and oxygen atoms in total. The highest BCUT2D eigenvalue weighted by molar-refractivity contribution is 5.89. The Bertz CT molecular complexity index is 612. The number of rotatable bonds is 10. The van der Waals surface area contributed by atoms with Crippen LogP contribution < -0.4 is 10.6 Å². The molecule has 0 spiro atoms. The van der Waals surface area contributed by atoms with Crippen LogP contribution in [-0.4, -0.2) is 105 Å². The van der Waals surface area contributed by atoms with Crippen molar-refractivity contribution in [1.82, 2.24) is 25.4 Å². The van der Waals surface area contributed by atoms with Gasteiger partial charge in [-0.25, -0.2) is 0 Å². The minimum atomic E-state index is -0.491. The van der Waals surface area contributed by atoms with E-state index >= 15 is 0 Å². The third kappa shape index (κ3) is 7.43. The molecule has 2 aliphatic heterocycles. The largest absolute Gasteiger partial charge is 0.379 e. The van der Waals surface area contributed by atoms with Crippen molar-refractivity contribution in [2.24, 2.45) is 0 Å². The van der Waals surface area contributed by atoms with Crippen LogP contribution in [0.5, 0.6) is 0 Å². The number of H-pyrrole nitrogens is 1. The maximum absolute atomic E-state index is 12.8. The summed E-state index contributed by atoms with van der Waals surface area (Å²) in [4.78, 5) is 32.7. The standard InChI is InChI=1S/C20H33N5O4/c26-19(22-3-5-24-7-11-28-12-8-24)15-18(17-1-2-21-16-17)20(27)23-4-6-25-9-13-29-14-10-25/h1-2,16,18,21H,3-15H2,(H,22,26)(H,23,27). The van der Waals surface area contributed by atoms with E-state index < -0.39 is 5.92 Å².